The average molecular weight is 432 g/mol. The molecule has 0 aliphatic heterocycles. The number of unbranched alkanes of at least 4 members (excludes halogenated alkanes) is 1. The highest BCUT2D eigenvalue weighted by atomic mass is 19.5. The Morgan fingerprint density at radius 3 is 1.87 bits per heavy atom. The summed E-state index contributed by atoms with van der Waals surface area (Å²) in [4.78, 5) is 12.6. The number of aromatic nitrogens is 1. The van der Waals surface area contributed by atoms with E-state index in [1.807, 2.05) is 42.5 Å². The van der Waals surface area contributed by atoms with Crippen LogP contribution in [-0.2, 0) is 6.54 Å². The molecule has 8 heteroatoms. The predicted molar refractivity (Wildman–Crippen MR) is 116 cm³/mol. The smallest absolute Gasteiger partial charge is 0.418 e. The van der Waals surface area contributed by atoms with E-state index in [4.69, 9.17) is 0 Å². The maximum Gasteiger partial charge on any atom is 0.673 e. The molecule has 0 unspecified atom stereocenters. The van der Waals surface area contributed by atoms with Crippen LogP contribution in [0.4, 0.5) is 17.3 Å². The van der Waals surface area contributed by atoms with Gasteiger partial charge in [-0.15, -0.1) is 0 Å². The average Bonchev–Trinajstić information content (AvgIpc) is 2.76. The fourth-order valence-corrected chi connectivity index (χ4v) is 3.14. The topological polar surface area (TPSA) is 33.0 Å². The van der Waals surface area contributed by atoms with Crippen LogP contribution in [0.5, 0.6) is 0 Å². The normalized spacial score (nSPS) is 10.8. The number of nitrogens with zero attached hydrogens (tertiary/aromatic N) is 1. The van der Waals surface area contributed by atoms with Crippen molar-refractivity contribution < 1.29 is 26.6 Å². The van der Waals surface area contributed by atoms with Crippen molar-refractivity contribution in [2.45, 2.75) is 26.3 Å². The molecular formula is C23H25BF4N2O. The maximum absolute atomic E-state index is 12.6. The van der Waals surface area contributed by atoms with Crippen LogP contribution >= 0.6 is 0 Å². The van der Waals surface area contributed by atoms with Gasteiger partial charge < -0.3 is 22.6 Å². The Kier molecular flexibility index (Phi) is 8.79. The van der Waals surface area contributed by atoms with Gasteiger partial charge in [-0.25, -0.2) is 0 Å². The van der Waals surface area contributed by atoms with Crippen molar-refractivity contribution >= 4 is 13.2 Å². The summed E-state index contributed by atoms with van der Waals surface area (Å²) in [5.41, 5.74) is 5.04. The molecule has 0 aliphatic rings. The summed E-state index contributed by atoms with van der Waals surface area (Å²) < 4.78 is 41.1. The number of amides is 1. The van der Waals surface area contributed by atoms with Crippen LogP contribution in [0.2, 0.25) is 0 Å². The Morgan fingerprint density at radius 1 is 0.871 bits per heavy atom. The molecular weight excluding hydrogens is 407 g/mol. The highest BCUT2D eigenvalue weighted by Gasteiger charge is 2.25. The minimum absolute atomic E-state index is 0.0592. The molecule has 3 rings (SSSR count). The zero-order valence-corrected chi connectivity index (χ0v) is 17.5. The Bertz CT molecular complexity index is 974. The van der Waals surface area contributed by atoms with E-state index in [2.05, 4.69) is 47.1 Å². The third-order valence-corrected chi connectivity index (χ3v) is 4.54. The standard InChI is InChI=1S/C23H24N2O.BF4/c1-3-4-15-25-21(19-13-9-6-10-14-19)16-20(17-22(25)23(26)24-2)18-11-7-5-8-12-18;2-1(3,4)5/h5-14,16-17H,3-4,15H2,1-2H3;/q;-1/p+1. The van der Waals surface area contributed by atoms with Crippen LogP contribution in [-0.4, -0.2) is 20.2 Å². The van der Waals surface area contributed by atoms with Gasteiger partial charge in [0.25, 0.3) is 5.69 Å². The van der Waals surface area contributed by atoms with E-state index >= 15 is 0 Å². The molecule has 3 nitrogen and oxygen atoms in total. The lowest BCUT2D eigenvalue weighted by Crippen LogP contribution is -2.45. The van der Waals surface area contributed by atoms with Gasteiger partial charge in [0, 0.05) is 31.2 Å². The van der Waals surface area contributed by atoms with Gasteiger partial charge in [0.1, 0.15) is 6.54 Å². The van der Waals surface area contributed by atoms with Gasteiger partial charge in [-0.05, 0) is 23.3 Å². The number of benzene rings is 2. The molecule has 0 fully saturated rings. The second-order valence-corrected chi connectivity index (χ2v) is 6.83. The van der Waals surface area contributed by atoms with Crippen molar-refractivity contribution in [2.24, 2.45) is 0 Å². The molecule has 3 aromatic rings. The Labute approximate surface area is 179 Å². The lowest BCUT2D eigenvalue weighted by Gasteiger charge is -2.11. The summed E-state index contributed by atoms with van der Waals surface area (Å²) in [6.45, 7) is 2.99. The van der Waals surface area contributed by atoms with Crippen molar-refractivity contribution in [3.63, 3.8) is 0 Å². The monoisotopic (exact) mass is 432 g/mol. The molecule has 0 saturated carbocycles. The maximum atomic E-state index is 12.6. The quantitative estimate of drug-likeness (QED) is 0.300. The molecule has 0 atom stereocenters. The predicted octanol–water partition coefficient (Wildman–Crippen LogP) is 5.77. The van der Waals surface area contributed by atoms with E-state index in [0.29, 0.717) is 5.69 Å². The molecule has 164 valence electrons. The minimum Gasteiger partial charge on any atom is -0.418 e. The molecule has 1 amide bonds. The third kappa shape index (κ3) is 7.55. The lowest BCUT2D eigenvalue weighted by molar-refractivity contribution is -0.688. The summed E-state index contributed by atoms with van der Waals surface area (Å²) in [5.74, 6) is -0.0592. The van der Waals surface area contributed by atoms with Crippen molar-refractivity contribution in [1.29, 1.82) is 0 Å². The minimum atomic E-state index is -6.00. The molecule has 2 aromatic carbocycles. The highest BCUT2D eigenvalue weighted by molar-refractivity contribution is 6.50. The second-order valence-electron chi connectivity index (χ2n) is 6.83. The molecule has 1 aromatic heterocycles. The number of hydrogen-bond donors (Lipinski definition) is 1. The lowest BCUT2D eigenvalue weighted by atomic mass is 10.0. The molecule has 0 aliphatic carbocycles. The van der Waals surface area contributed by atoms with Crippen LogP contribution in [0.1, 0.15) is 30.3 Å². The Morgan fingerprint density at radius 2 is 1.39 bits per heavy atom. The van der Waals surface area contributed by atoms with Crippen LogP contribution in [0.25, 0.3) is 22.4 Å². The van der Waals surface area contributed by atoms with Gasteiger partial charge in [0.05, 0.1) is 0 Å². The molecule has 0 spiro atoms. The second kappa shape index (κ2) is 11.3. The highest BCUT2D eigenvalue weighted by Crippen LogP contribution is 2.25. The van der Waals surface area contributed by atoms with E-state index in [0.717, 1.165) is 41.8 Å². The number of nitrogens with one attached hydrogen (secondary N) is 1. The van der Waals surface area contributed by atoms with Crippen molar-refractivity contribution in [2.75, 3.05) is 7.05 Å². The van der Waals surface area contributed by atoms with Crippen LogP contribution in [0, 0.1) is 0 Å². The van der Waals surface area contributed by atoms with Gasteiger partial charge >= 0.3 is 13.2 Å². The van der Waals surface area contributed by atoms with E-state index in [9.17, 15) is 22.1 Å². The largest absolute Gasteiger partial charge is 0.673 e. The summed E-state index contributed by atoms with van der Waals surface area (Å²) in [6.07, 6.45) is 2.11. The Balaban J connectivity index is 0.000000614. The van der Waals surface area contributed by atoms with E-state index < -0.39 is 7.25 Å². The first-order chi connectivity index (χ1) is 14.7. The molecule has 0 radical (unpaired) electrons. The number of pyridine rings is 1. The summed E-state index contributed by atoms with van der Waals surface area (Å²) >= 11 is 0. The summed E-state index contributed by atoms with van der Waals surface area (Å²) in [5, 5.41) is 2.80. The molecule has 0 saturated heterocycles. The number of carbonyl (C=O) groups excluding carboxylic acids is 1. The van der Waals surface area contributed by atoms with E-state index in [1.165, 1.54) is 0 Å². The van der Waals surface area contributed by atoms with E-state index in [1.54, 1.807) is 7.05 Å². The van der Waals surface area contributed by atoms with Crippen molar-refractivity contribution in [1.82, 2.24) is 5.32 Å². The van der Waals surface area contributed by atoms with Crippen LogP contribution < -0.4 is 9.88 Å². The number of hydrogen-bond acceptors (Lipinski definition) is 1. The fraction of sp³-hybridized carbons (Fsp3) is 0.217. The fourth-order valence-electron chi connectivity index (χ4n) is 3.14. The first-order valence-electron chi connectivity index (χ1n) is 10.0. The van der Waals surface area contributed by atoms with Crippen molar-refractivity contribution in [3.8, 4) is 22.4 Å². The SMILES string of the molecule is CCCC[n+]1c(C(=O)NC)cc(-c2ccccc2)cc1-c1ccccc1.F[B-](F)(F)F. The number of carbonyl (C=O) groups is 1. The molecule has 0 bridgehead atoms. The van der Waals surface area contributed by atoms with Gasteiger partial charge in [0.15, 0.2) is 0 Å². The van der Waals surface area contributed by atoms with Gasteiger partial charge in [-0.2, -0.15) is 4.57 Å². The van der Waals surface area contributed by atoms with Gasteiger partial charge in [-0.1, -0.05) is 61.9 Å². The number of rotatable bonds is 6. The molecule has 1 N–H and O–H groups in total. The third-order valence-electron chi connectivity index (χ3n) is 4.54. The number of halogens is 4. The van der Waals surface area contributed by atoms with Crippen LogP contribution in [0.3, 0.4) is 0 Å². The molecule has 31 heavy (non-hydrogen) atoms. The Hall–Kier alpha value is -3.16. The zero-order chi connectivity index (χ0) is 22.9. The van der Waals surface area contributed by atoms with Crippen LogP contribution in [0.15, 0.2) is 72.8 Å². The zero-order valence-electron chi connectivity index (χ0n) is 17.5. The van der Waals surface area contributed by atoms with E-state index in [-0.39, 0.29) is 5.91 Å². The summed E-state index contributed by atoms with van der Waals surface area (Å²) in [6, 6.07) is 24.7. The molecule has 1 heterocycles. The van der Waals surface area contributed by atoms with Crippen molar-refractivity contribution in [3.05, 3.63) is 78.5 Å². The van der Waals surface area contributed by atoms with Gasteiger partial charge in [0.2, 0.25) is 5.69 Å². The first kappa shape index (κ1) is 24.1. The first-order valence-corrected chi connectivity index (χ1v) is 10.0. The summed E-state index contributed by atoms with van der Waals surface area (Å²) in [7, 11) is -4.32. The van der Waals surface area contributed by atoms with Gasteiger partial charge in [-0.3, -0.25) is 4.79 Å².